The molecule has 0 unspecified atom stereocenters. The summed E-state index contributed by atoms with van der Waals surface area (Å²) in [5.41, 5.74) is 3.13. The Bertz CT molecular complexity index is 394. The molecule has 1 spiro atoms. The first kappa shape index (κ1) is 10.3. The van der Waals surface area contributed by atoms with Gasteiger partial charge in [0.1, 0.15) is 5.82 Å². The lowest BCUT2D eigenvalue weighted by Gasteiger charge is -2.41. The van der Waals surface area contributed by atoms with Crippen molar-refractivity contribution in [2.24, 2.45) is 5.41 Å². The second-order valence-electron chi connectivity index (χ2n) is 5.34. The standard InChI is InChI=1S/C14H18FN/c15-13-2-1-12-10-14(4-3-11(12)9-13)5-7-16-8-6-14/h1-2,9,16H,3-8,10H2. The zero-order chi connectivity index (χ0) is 11.0. The summed E-state index contributed by atoms with van der Waals surface area (Å²) in [6.45, 7) is 2.30. The zero-order valence-corrected chi connectivity index (χ0v) is 9.56. The highest BCUT2D eigenvalue weighted by Gasteiger charge is 2.35. The van der Waals surface area contributed by atoms with Gasteiger partial charge in [-0.25, -0.2) is 4.39 Å². The Kier molecular flexibility index (Phi) is 2.47. The molecule has 1 aliphatic heterocycles. The summed E-state index contributed by atoms with van der Waals surface area (Å²) in [6.07, 6.45) is 6.02. The third kappa shape index (κ3) is 1.75. The van der Waals surface area contributed by atoms with Crippen LogP contribution in [0.4, 0.5) is 4.39 Å². The van der Waals surface area contributed by atoms with Crippen molar-refractivity contribution in [3.8, 4) is 0 Å². The molecule has 1 N–H and O–H groups in total. The summed E-state index contributed by atoms with van der Waals surface area (Å²) in [6, 6.07) is 5.33. The summed E-state index contributed by atoms with van der Waals surface area (Å²) in [5, 5.41) is 3.43. The number of rotatable bonds is 0. The Morgan fingerprint density at radius 1 is 1.06 bits per heavy atom. The smallest absolute Gasteiger partial charge is 0.123 e. The van der Waals surface area contributed by atoms with Crippen molar-refractivity contribution < 1.29 is 4.39 Å². The Morgan fingerprint density at radius 3 is 2.69 bits per heavy atom. The number of aryl methyl sites for hydroxylation is 1. The van der Waals surface area contributed by atoms with E-state index in [-0.39, 0.29) is 5.82 Å². The average Bonchev–Trinajstić information content (AvgIpc) is 2.31. The molecular weight excluding hydrogens is 201 g/mol. The molecule has 1 aromatic rings. The van der Waals surface area contributed by atoms with Crippen LogP contribution in [0, 0.1) is 11.2 Å². The topological polar surface area (TPSA) is 12.0 Å². The van der Waals surface area contributed by atoms with Crippen molar-refractivity contribution in [1.82, 2.24) is 5.32 Å². The van der Waals surface area contributed by atoms with E-state index in [1.807, 2.05) is 6.07 Å². The lowest BCUT2D eigenvalue weighted by Crippen LogP contribution is -2.40. The minimum absolute atomic E-state index is 0.0833. The second-order valence-corrected chi connectivity index (χ2v) is 5.34. The first-order valence-corrected chi connectivity index (χ1v) is 6.26. The molecule has 2 heteroatoms. The number of hydrogen-bond acceptors (Lipinski definition) is 1. The van der Waals surface area contributed by atoms with E-state index in [0.29, 0.717) is 5.41 Å². The SMILES string of the molecule is Fc1ccc2c(c1)CCC1(CCNCC1)C2. The van der Waals surface area contributed by atoms with E-state index in [0.717, 1.165) is 25.9 Å². The van der Waals surface area contributed by atoms with E-state index in [2.05, 4.69) is 5.32 Å². The average molecular weight is 219 g/mol. The predicted octanol–water partition coefficient (Wildman–Crippen LogP) is 2.68. The summed E-state index contributed by atoms with van der Waals surface area (Å²) in [7, 11) is 0. The lowest BCUT2D eigenvalue weighted by atomic mass is 9.66. The van der Waals surface area contributed by atoms with Crippen molar-refractivity contribution in [2.45, 2.75) is 32.1 Å². The van der Waals surface area contributed by atoms with Gasteiger partial charge in [-0.15, -0.1) is 0 Å². The van der Waals surface area contributed by atoms with Gasteiger partial charge in [0, 0.05) is 0 Å². The molecule has 0 atom stereocenters. The number of halogens is 1. The predicted molar refractivity (Wildman–Crippen MR) is 63.0 cm³/mol. The van der Waals surface area contributed by atoms with Crippen LogP contribution in [0.5, 0.6) is 0 Å². The summed E-state index contributed by atoms with van der Waals surface area (Å²) in [5.74, 6) is -0.0833. The number of fused-ring (bicyclic) bond motifs is 1. The molecule has 1 aromatic carbocycles. The monoisotopic (exact) mass is 219 g/mol. The van der Waals surface area contributed by atoms with Crippen LogP contribution in [0.2, 0.25) is 0 Å². The van der Waals surface area contributed by atoms with Crippen molar-refractivity contribution >= 4 is 0 Å². The second kappa shape index (κ2) is 3.85. The maximum absolute atomic E-state index is 13.1. The molecule has 0 bridgehead atoms. The molecule has 1 nitrogen and oxygen atoms in total. The van der Waals surface area contributed by atoms with Gasteiger partial charge in [-0.05, 0) is 73.9 Å². The van der Waals surface area contributed by atoms with Gasteiger partial charge in [-0.1, -0.05) is 6.07 Å². The van der Waals surface area contributed by atoms with Gasteiger partial charge in [-0.3, -0.25) is 0 Å². The van der Waals surface area contributed by atoms with Crippen molar-refractivity contribution in [3.05, 3.63) is 35.1 Å². The molecular formula is C14H18FN. The molecule has 3 rings (SSSR count). The van der Waals surface area contributed by atoms with E-state index >= 15 is 0 Å². The van der Waals surface area contributed by atoms with Gasteiger partial charge in [0.2, 0.25) is 0 Å². The molecule has 0 radical (unpaired) electrons. The molecule has 16 heavy (non-hydrogen) atoms. The molecule has 0 saturated carbocycles. The van der Waals surface area contributed by atoms with Gasteiger partial charge >= 0.3 is 0 Å². The quantitative estimate of drug-likeness (QED) is 0.707. The first-order valence-electron chi connectivity index (χ1n) is 6.26. The zero-order valence-electron chi connectivity index (χ0n) is 9.56. The van der Waals surface area contributed by atoms with Crippen LogP contribution in [0.1, 0.15) is 30.4 Å². The summed E-state index contributed by atoms with van der Waals surface area (Å²) < 4.78 is 13.1. The Hall–Kier alpha value is -0.890. The summed E-state index contributed by atoms with van der Waals surface area (Å²) in [4.78, 5) is 0. The maximum Gasteiger partial charge on any atom is 0.123 e. The largest absolute Gasteiger partial charge is 0.317 e. The Morgan fingerprint density at radius 2 is 1.88 bits per heavy atom. The summed E-state index contributed by atoms with van der Waals surface area (Å²) >= 11 is 0. The molecule has 1 saturated heterocycles. The van der Waals surface area contributed by atoms with Crippen LogP contribution in [-0.2, 0) is 12.8 Å². The minimum Gasteiger partial charge on any atom is -0.317 e. The van der Waals surface area contributed by atoms with Crippen molar-refractivity contribution in [3.63, 3.8) is 0 Å². The molecule has 1 fully saturated rings. The van der Waals surface area contributed by atoms with Crippen LogP contribution in [0.3, 0.4) is 0 Å². The van der Waals surface area contributed by atoms with E-state index in [1.165, 1.54) is 30.4 Å². The lowest BCUT2D eigenvalue weighted by molar-refractivity contribution is 0.173. The molecule has 1 aliphatic carbocycles. The van der Waals surface area contributed by atoms with E-state index in [1.54, 1.807) is 12.1 Å². The highest BCUT2D eigenvalue weighted by molar-refractivity contribution is 5.31. The molecule has 1 heterocycles. The fraction of sp³-hybridized carbons (Fsp3) is 0.571. The fourth-order valence-electron chi connectivity index (χ4n) is 3.28. The Labute approximate surface area is 96.1 Å². The van der Waals surface area contributed by atoms with Gasteiger partial charge in [0.05, 0.1) is 0 Å². The minimum atomic E-state index is -0.0833. The first-order chi connectivity index (χ1) is 7.77. The van der Waals surface area contributed by atoms with Gasteiger partial charge < -0.3 is 5.32 Å². The number of hydrogen-bond donors (Lipinski definition) is 1. The highest BCUT2D eigenvalue weighted by Crippen LogP contribution is 2.42. The number of piperidine rings is 1. The van der Waals surface area contributed by atoms with Crippen molar-refractivity contribution in [1.29, 1.82) is 0 Å². The van der Waals surface area contributed by atoms with Gasteiger partial charge in [-0.2, -0.15) is 0 Å². The van der Waals surface area contributed by atoms with Crippen molar-refractivity contribution in [2.75, 3.05) is 13.1 Å². The molecule has 86 valence electrons. The van der Waals surface area contributed by atoms with E-state index in [4.69, 9.17) is 0 Å². The van der Waals surface area contributed by atoms with E-state index in [9.17, 15) is 4.39 Å². The molecule has 0 aromatic heterocycles. The molecule has 2 aliphatic rings. The van der Waals surface area contributed by atoms with Gasteiger partial charge in [0.25, 0.3) is 0 Å². The van der Waals surface area contributed by atoms with Crippen LogP contribution in [0.25, 0.3) is 0 Å². The fourth-order valence-corrected chi connectivity index (χ4v) is 3.28. The number of benzene rings is 1. The third-order valence-corrected chi connectivity index (χ3v) is 4.32. The number of nitrogens with one attached hydrogen (secondary N) is 1. The highest BCUT2D eigenvalue weighted by atomic mass is 19.1. The van der Waals surface area contributed by atoms with Crippen LogP contribution < -0.4 is 5.32 Å². The van der Waals surface area contributed by atoms with Crippen LogP contribution >= 0.6 is 0 Å². The maximum atomic E-state index is 13.1. The van der Waals surface area contributed by atoms with Crippen LogP contribution in [0.15, 0.2) is 18.2 Å². The normalized spacial score (nSPS) is 23.1. The molecule has 0 amide bonds. The van der Waals surface area contributed by atoms with Crippen LogP contribution in [-0.4, -0.2) is 13.1 Å². The third-order valence-electron chi connectivity index (χ3n) is 4.32. The van der Waals surface area contributed by atoms with Gasteiger partial charge in [0.15, 0.2) is 0 Å². The Balaban J connectivity index is 1.88. The van der Waals surface area contributed by atoms with E-state index < -0.39 is 0 Å².